The standard InChI is InChI=1S/C22H21F3O2/c1-3-11-27-17-7-4-14(5-8-17)18-9-6-15-13-16(10-12-26-2)20(23)22(25)19(15)21(18)24/h4-9,13H,3,10-12H2,1-2H3. The number of fused-ring (bicyclic) bond motifs is 1. The Hall–Kier alpha value is -2.53. The van der Waals surface area contributed by atoms with Crippen LogP contribution in [0.5, 0.6) is 5.75 Å². The summed E-state index contributed by atoms with van der Waals surface area (Å²) < 4.78 is 54.3. The maximum atomic E-state index is 15.0. The molecule has 0 aromatic heterocycles. The van der Waals surface area contributed by atoms with Gasteiger partial charge in [-0.25, -0.2) is 13.2 Å². The van der Waals surface area contributed by atoms with Crippen LogP contribution in [-0.2, 0) is 11.2 Å². The molecule has 0 atom stereocenters. The number of rotatable bonds is 7. The molecule has 3 aromatic rings. The number of benzene rings is 3. The van der Waals surface area contributed by atoms with Crippen LogP contribution >= 0.6 is 0 Å². The molecule has 27 heavy (non-hydrogen) atoms. The van der Waals surface area contributed by atoms with Gasteiger partial charge in [-0.15, -0.1) is 0 Å². The van der Waals surface area contributed by atoms with Crippen molar-refractivity contribution in [2.45, 2.75) is 19.8 Å². The van der Waals surface area contributed by atoms with Crippen molar-refractivity contribution in [2.75, 3.05) is 20.3 Å². The van der Waals surface area contributed by atoms with Gasteiger partial charge < -0.3 is 9.47 Å². The number of halogens is 3. The molecule has 0 amide bonds. The molecule has 0 heterocycles. The molecule has 0 aliphatic rings. The van der Waals surface area contributed by atoms with Gasteiger partial charge in [0.15, 0.2) is 11.6 Å². The molecule has 0 aliphatic heterocycles. The zero-order chi connectivity index (χ0) is 19.4. The van der Waals surface area contributed by atoms with Crippen molar-refractivity contribution in [3.05, 3.63) is 65.5 Å². The molecule has 0 aliphatic carbocycles. The molecule has 0 spiro atoms. The Kier molecular flexibility index (Phi) is 6.01. The fourth-order valence-electron chi connectivity index (χ4n) is 3.00. The van der Waals surface area contributed by atoms with Crippen LogP contribution in [0.25, 0.3) is 21.9 Å². The Bertz CT molecular complexity index is 937. The summed E-state index contributed by atoms with van der Waals surface area (Å²) in [5.41, 5.74) is 0.959. The summed E-state index contributed by atoms with van der Waals surface area (Å²) in [4.78, 5) is 0. The van der Waals surface area contributed by atoms with Gasteiger partial charge in [0.2, 0.25) is 0 Å². The van der Waals surface area contributed by atoms with Gasteiger partial charge in [0.1, 0.15) is 11.6 Å². The minimum atomic E-state index is -1.17. The lowest BCUT2D eigenvalue weighted by atomic mass is 9.97. The molecule has 2 nitrogen and oxygen atoms in total. The van der Waals surface area contributed by atoms with E-state index < -0.39 is 17.5 Å². The monoisotopic (exact) mass is 374 g/mol. The summed E-state index contributed by atoms with van der Waals surface area (Å²) in [7, 11) is 1.49. The highest BCUT2D eigenvalue weighted by Crippen LogP contribution is 2.33. The first-order valence-electron chi connectivity index (χ1n) is 8.88. The number of hydrogen-bond donors (Lipinski definition) is 0. The molecular weight excluding hydrogens is 353 g/mol. The smallest absolute Gasteiger partial charge is 0.169 e. The minimum Gasteiger partial charge on any atom is -0.494 e. The Morgan fingerprint density at radius 3 is 2.26 bits per heavy atom. The van der Waals surface area contributed by atoms with Crippen LogP contribution in [0.2, 0.25) is 0 Å². The molecule has 5 heteroatoms. The second-order valence-electron chi connectivity index (χ2n) is 6.30. The largest absolute Gasteiger partial charge is 0.494 e. The Morgan fingerprint density at radius 2 is 1.59 bits per heavy atom. The highest BCUT2D eigenvalue weighted by molar-refractivity contribution is 5.89. The van der Waals surface area contributed by atoms with E-state index in [9.17, 15) is 8.78 Å². The summed E-state index contributed by atoms with van der Waals surface area (Å²) in [5, 5.41) is -0.0124. The number of ether oxygens (including phenoxy) is 2. The molecule has 0 N–H and O–H groups in total. The van der Waals surface area contributed by atoms with Gasteiger partial charge in [-0.2, -0.15) is 0 Å². The molecule has 3 rings (SSSR count). The molecule has 0 unspecified atom stereocenters. The van der Waals surface area contributed by atoms with E-state index in [0.29, 0.717) is 23.3 Å². The van der Waals surface area contributed by atoms with Gasteiger partial charge in [0.25, 0.3) is 0 Å². The fourth-order valence-corrected chi connectivity index (χ4v) is 3.00. The first-order valence-corrected chi connectivity index (χ1v) is 8.88. The highest BCUT2D eigenvalue weighted by atomic mass is 19.2. The average molecular weight is 374 g/mol. The third-order valence-electron chi connectivity index (χ3n) is 4.41. The molecule has 142 valence electrons. The fraction of sp³-hybridized carbons (Fsp3) is 0.273. The predicted molar refractivity (Wildman–Crippen MR) is 101 cm³/mol. The summed E-state index contributed by atoms with van der Waals surface area (Å²) >= 11 is 0. The van der Waals surface area contributed by atoms with Crippen molar-refractivity contribution in [1.82, 2.24) is 0 Å². The maximum absolute atomic E-state index is 15.0. The third-order valence-corrected chi connectivity index (χ3v) is 4.41. The lowest BCUT2D eigenvalue weighted by Crippen LogP contribution is -2.02. The molecule has 0 radical (unpaired) electrons. The summed E-state index contributed by atoms with van der Waals surface area (Å²) in [6.07, 6.45) is 1.11. The van der Waals surface area contributed by atoms with Crippen molar-refractivity contribution in [3.63, 3.8) is 0 Å². The zero-order valence-electron chi connectivity index (χ0n) is 15.3. The van der Waals surface area contributed by atoms with Gasteiger partial charge in [-0.05, 0) is 47.6 Å². The first-order chi connectivity index (χ1) is 13.1. The number of methoxy groups -OCH3 is 1. The van der Waals surface area contributed by atoms with Crippen LogP contribution in [0.1, 0.15) is 18.9 Å². The summed E-state index contributed by atoms with van der Waals surface area (Å²) in [6, 6.07) is 11.5. The second-order valence-corrected chi connectivity index (χ2v) is 6.30. The Morgan fingerprint density at radius 1 is 0.852 bits per heavy atom. The van der Waals surface area contributed by atoms with Crippen LogP contribution in [-0.4, -0.2) is 20.3 Å². The van der Waals surface area contributed by atoms with Crippen LogP contribution in [0.15, 0.2) is 42.5 Å². The van der Waals surface area contributed by atoms with E-state index in [1.54, 1.807) is 36.4 Å². The van der Waals surface area contributed by atoms with E-state index in [2.05, 4.69) is 0 Å². The number of hydrogen-bond acceptors (Lipinski definition) is 2. The SMILES string of the molecule is CCCOc1ccc(-c2ccc3cc(CCOC)c(F)c(F)c3c2F)cc1. The summed E-state index contributed by atoms with van der Waals surface area (Å²) in [5.74, 6) is -2.29. The van der Waals surface area contributed by atoms with Gasteiger partial charge in [0, 0.05) is 12.7 Å². The van der Waals surface area contributed by atoms with E-state index >= 15 is 4.39 Å². The van der Waals surface area contributed by atoms with Gasteiger partial charge in [0.05, 0.1) is 18.6 Å². The molecule has 0 bridgehead atoms. The second kappa shape index (κ2) is 8.44. The molecular formula is C22H21F3O2. The Balaban J connectivity index is 2.03. The molecule has 0 saturated carbocycles. The van der Waals surface area contributed by atoms with Crippen LogP contribution in [0.3, 0.4) is 0 Å². The molecule has 3 aromatic carbocycles. The zero-order valence-corrected chi connectivity index (χ0v) is 15.3. The van der Waals surface area contributed by atoms with Crippen molar-refractivity contribution >= 4 is 10.8 Å². The minimum absolute atomic E-state index is 0.173. The first kappa shape index (κ1) is 19.2. The van der Waals surface area contributed by atoms with E-state index in [4.69, 9.17) is 9.47 Å². The van der Waals surface area contributed by atoms with E-state index in [1.807, 2.05) is 6.92 Å². The highest BCUT2D eigenvalue weighted by Gasteiger charge is 2.19. The van der Waals surface area contributed by atoms with Gasteiger partial charge >= 0.3 is 0 Å². The van der Waals surface area contributed by atoms with E-state index in [0.717, 1.165) is 6.42 Å². The van der Waals surface area contributed by atoms with Crippen molar-refractivity contribution < 1.29 is 22.6 Å². The predicted octanol–water partition coefficient (Wildman–Crippen LogP) is 5.90. The maximum Gasteiger partial charge on any atom is 0.169 e. The molecule has 0 saturated heterocycles. The third kappa shape index (κ3) is 3.93. The lowest BCUT2D eigenvalue weighted by Gasteiger charge is -2.12. The van der Waals surface area contributed by atoms with Crippen molar-refractivity contribution in [1.29, 1.82) is 0 Å². The van der Waals surface area contributed by atoms with Gasteiger partial charge in [-0.1, -0.05) is 31.2 Å². The quantitative estimate of drug-likeness (QED) is 0.512. The van der Waals surface area contributed by atoms with Crippen LogP contribution in [0.4, 0.5) is 13.2 Å². The van der Waals surface area contributed by atoms with Crippen LogP contribution in [0, 0.1) is 17.5 Å². The normalized spacial score (nSPS) is 11.1. The topological polar surface area (TPSA) is 18.5 Å². The van der Waals surface area contributed by atoms with Crippen LogP contribution < -0.4 is 4.74 Å². The molecule has 0 fully saturated rings. The summed E-state index contributed by atoms with van der Waals surface area (Å²) in [6.45, 7) is 2.86. The lowest BCUT2D eigenvalue weighted by molar-refractivity contribution is 0.201. The van der Waals surface area contributed by atoms with E-state index in [1.165, 1.54) is 13.2 Å². The van der Waals surface area contributed by atoms with E-state index in [-0.39, 0.29) is 29.5 Å². The Labute approximate surface area is 156 Å². The van der Waals surface area contributed by atoms with Gasteiger partial charge in [-0.3, -0.25) is 0 Å². The van der Waals surface area contributed by atoms with Crippen molar-refractivity contribution in [3.8, 4) is 16.9 Å². The average Bonchev–Trinajstić information content (AvgIpc) is 2.68. The van der Waals surface area contributed by atoms with Crippen molar-refractivity contribution in [2.24, 2.45) is 0 Å².